The van der Waals surface area contributed by atoms with E-state index in [0.29, 0.717) is 18.4 Å². The van der Waals surface area contributed by atoms with Gasteiger partial charge in [-0.05, 0) is 36.1 Å². The molecule has 2 aromatic rings. The molecular weight excluding hydrogens is 282 g/mol. The van der Waals surface area contributed by atoms with Gasteiger partial charge in [0.25, 0.3) is 0 Å². The quantitative estimate of drug-likeness (QED) is 0.827. The Bertz CT molecular complexity index is 593. The molecule has 0 aliphatic rings. The SMILES string of the molecule is NC(CCc1ccc(C(F)(F)F)c(F)c1)c1ccccc1. The number of hydrogen-bond donors (Lipinski definition) is 1. The van der Waals surface area contributed by atoms with Crippen LogP contribution in [0.15, 0.2) is 48.5 Å². The van der Waals surface area contributed by atoms with Crippen LogP contribution in [0.25, 0.3) is 0 Å². The Kier molecular flexibility index (Phi) is 4.63. The second kappa shape index (κ2) is 6.26. The van der Waals surface area contributed by atoms with Crippen molar-refractivity contribution in [1.29, 1.82) is 0 Å². The molecule has 0 amide bonds. The molecule has 112 valence electrons. The molecule has 0 aliphatic heterocycles. The highest BCUT2D eigenvalue weighted by Crippen LogP contribution is 2.31. The normalized spacial score (nSPS) is 13.2. The summed E-state index contributed by atoms with van der Waals surface area (Å²) in [5.41, 5.74) is 6.22. The average Bonchev–Trinajstić information content (AvgIpc) is 2.44. The molecule has 0 aromatic heterocycles. The molecular formula is C16H15F4N. The van der Waals surface area contributed by atoms with Gasteiger partial charge in [-0.25, -0.2) is 4.39 Å². The van der Waals surface area contributed by atoms with Crippen molar-refractivity contribution in [3.05, 3.63) is 71.0 Å². The lowest BCUT2D eigenvalue weighted by atomic mass is 9.99. The number of alkyl halides is 3. The second-order valence-electron chi connectivity index (χ2n) is 4.87. The van der Waals surface area contributed by atoms with Crippen molar-refractivity contribution in [2.45, 2.75) is 25.1 Å². The Morgan fingerprint density at radius 3 is 2.24 bits per heavy atom. The average molecular weight is 297 g/mol. The summed E-state index contributed by atoms with van der Waals surface area (Å²) in [6.07, 6.45) is -3.71. The zero-order valence-corrected chi connectivity index (χ0v) is 11.2. The molecule has 0 saturated heterocycles. The summed E-state index contributed by atoms with van der Waals surface area (Å²) < 4.78 is 50.8. The lowest BCUT2D eigenvalue weighted by Crippen LogP contribution is -2.12. The second-order valence-corrected chi connectivity index (χ2v) is 4.87. The molecule has 0 bridgehead atoms. The zero-order valence-electron chi connectivity index (χ0n) is 11.2. The van der Waals surface area contributed by atoms with Crippen molar-refractivity contribution in [3.63, 3.8) is 0 Å². The molecule has 5 heteroatoms. The third kappa shape index (κ3) is 4.04. The summed E-state index contributed by atoms with van der Waals surface area (Å²) >= 11 is 0. The van der Waals surface area contributed by atoms with E-state index in [4.69, 9.17) is 5.73 Å². The first-order chi connectivity index (χ1) is 9.88. The molecule has 2 rings (SSSR count). The third-order valence-corrected chi connectivity index (χ3v) is 3.31. The Morgan fingerprint density at radius 2 is 1.67 bits per heavy atom. The minimum absolute atomic E-state index is 0.225. The smallest absolute Gasteiger partial charge is 0.324 e. The van der Waals surface area contributed by atoms with Crippen molar-refractivity contribution in [1.82, 2.24) is 0 Å². The first kappa shape index (κ1) is 15.5. The lowest BCUT2D eigenvalue weighted by Gasteiger charge is -2.13. The van der Waals surface area contributed by atoms with E-state index < -0.39 is 17.6 Å². The monoisotopic (exact) mass is 297 g/mol. The minimum atomic E-state index is -4.66. The lowest BCUT2D eigenvalue weighted by molar-refractivity contribution is -0.140. The highest BCUT2D eigenvalue weighted by atomic mass is 19.4. The number of aryl methyl sites for hydroxylation is 1. The van der Waals surface area contributed by atoms with Gasteiger partial charge in [0.05, 0.1) is 5.56 Å². The van der Waals surface area contributed by atoms with Gasteiger partial charge in [-0.3, -0.25) is 0 Å². The van der Waals surface area contributed by atoms with E-state index in [9.17, 15) is 17.6 Å². The number of halogens is 4. The van der Waals surface area contributed by atoms with Crippen molar-refractivity contribution in [2.75, 3.05) is 0 Å². The molecule has 0 heterocycles. The highest BCUT2D eigenvalue weighted by Gasteiger charge is 2.33. The maximum atomic E-state index is 13.4. The molecule has 0 aliphatic carbocycles. The van der Waals surface area contributed by atoms with Gasteiger partial charge < -0.3 is 5.73 Å². The molecule has 1 nitrogen and oxygen atoms in total. The van der Waals surface area contributed by atoms with Crippen LogP contribution < -0.4 is 5.73 Å². The zero-order chi connectivity index (χ0) is 15.5. The molecule has 0 radical (unpaired) electrons. The van der Waals surface area contributed by atoms with Gasteiger partial charge in [-0.2, -0.15) is 13.2 Å². The van der Waals surface area contributed by atoms with E-state index in [2.05, 4.69) is 0 Å². The predicted octanol–water partition coefficient (Wildman–Crippen LogP) is 4.48. The maximum Gasteiger partial charge on any atom is 0.419 e. The predicted molar refractivity (Wildman–Crippen MR) is 73.1 cm³/mol. The molecule has 0 saturated carbocycles. The van der Waals surface area contributed by atoms with Gasteiger partial charge in [0, 0.05) is 6.04 Å². The molecule has 1 unspecified atom stereocenters. The molecule has 1 atom stereocenters. The van der Waals surface area contributed by atoms with Crippen LogP contribution >= 0.6 is 0 Å². The fourth-order valence-corrected chi connectivity index (χ4v) is 2.13. The number of rotatable bonds is 4. The summed E-state index contributed by atoms with van der Waals surface area (Å²) in [6.45, 7) is 0. The first-order valence-corrected chi connectivity index (χ1v) is 6.54. The topological polar surface area (TPSA) is 26.0 Å². The van der Waals surface area contributed by atoms with Gasteiger partial charge in [-0.15, -0.1) is 0 Å². The molecule has 0 fully saturated rings. The van der Waals surface area contributed by atoms with Crippen LogP contribution in [-0.2, 0) is 12.6 Å². The number of benzene rings is 2. The Labute approximate surface area is 120 Å². The van der Waals surface area contributed by atoms with E-state index in [0.717, 1.165) is 17.7 Å². The fourth-order valence-electron chi connectivity index (χ4n) is 2.13. The van der Waals surface area contributed by atoms with Gasteiger partial charge >= 0.3 is 6.18 Å². The van der Waals surface area contributed by atoms with E-state index in [1.54, 1.807) is 0 Å². The number of nitrogens with two attached hydrogens (primary N) is 1. The Hall–Kier alpha value is -1.88. The number of hydrogen-bond acceptors (Lipinski definition) is 1. The van der Waals surface area contributed by atoms with Crippen molar-refractivity contribution in [2.24, 2.45) is 5.73 Å². The van der Waals surface area contributed by atoms with Crippen molar-refractivity contribution in [3.8, 4) is 0 Å². The Morgan fingerprint density at radius 1 is 1.00 bits per heavy atom. The van der Waals surface area contributed by atoms with Crippen LogP contribution in [0.2, 0.25) is 0 Å². The molecule has 2 N–H and O–H groups in total. The van der Waals surface area contributed by atoms with Crippen molar-refractivity contribution < 1.29 is 17.6 Å². The van der Waals surface area contributed by atoms with Crippen LogP contribution in [0, 0.1) is 5.82 Å². The molecule has 0 spiro atoms. The minimum Gasteiger partial charge on any atom is -0.324 e. The summed E-state index contributed by atoms with van der Waals surface area (Å²) in [5, 5.41) is 0. The molecule has 2 aromatic carbocycles. The summed E-state index contributed by atoms with van der Waals surface area (Å²) in [5.74, 6) is -1.24. The van der Waals surface area contributed by atoms with Crippen molar-refractivity contribution >= 4 is 0 Å². The Balaban J connectivity index is 2.03. The summed E-state index contributed by atoms with van der Waals surface area (Å²) in [7, 11) is 0. The summed E-state index contributed by atoms with van der Waals surface area (Å²) in [4.78, 5) is 0. The summed E-state index contributed by atoms with van der Waals surface area (Å²) in [6, 6.07) is 12.2. The van der Waals surface area contributed by atoms with Crippen LogP contribution in [-0.4, -0.2) is 0 Å². The van der Waals surface area contributed by atoms with Gasteiger partial charge in [0.2, 0.25) is 0 Å². The third-order valence-electron chi connectivity index (χ3n) is 3.31. The first-order valence-electron chi connectivity index (χ1n) is 6.54. The van der Waals surface area contributed by atoms with E-state index in [-0.39, 0.29) is 6.04 Å². The maximum absolute atomic E-state index is 13.4. The van der Waals surface area contributed by atoms with E-state index >= 15 is 0 Å². The fraction of sp³-hybridized carbons (Fsp3) is 0.250. The van der Waals surface area contributed by atoms with Gasteiger partial charge in [-0.1, -0.05) is 36.4 Å². The van der Waals surface area contributed by atoms with E-state index in [1.807, 2.05) is 30.3 Å². The van der Waals surface area contributed by atoms with Crippen LogP contribution in [0.3, 0.4) is 0 Å². The van der Waals surface area contributed by atoms with Gasteiger partial charge in [0.1, 0.15) is 5.82 Å². The standard InChI is InChI=1S/C16H15F4N/c17-14-10-11(6-8-13(14)16(18,19)20)7-9-15(21)12-4-2-1-3-5-12/h1-6,8,10,15H,7,9,21H2. The van der Waals surface area contributed by atoms with E-state index in [1.165, 1.54) is 6.07 Å². The molecule has 21 heavy (non-hydrogen) atoms. The van der Waals surface area contributed by atoms with Gasteiger partial charge in [0.15, 0.2) is 0 Å². The van der Waals surface area contributed by atoms with Crippen LogP contribution in [0.5, 0.6) is 0 Å². The van der Waals surface area contributed by atoms with Crippen LogP contribution in [0.1, 0.15) is 29.2 Å². The highest BCUT2D eigenvalue weighted by molar-refractivity contribution is 5.27. The largest absolute Gasteiger partial charge is 0.419 e. The van der Waals surface area contributed by atoms with Crippen LogP contribution in [0.4, 0.5) is 17.6 Å².